The molecule has 0 unspecified atom stereocenters. The number of fused-ring (bicyclic) bond motifs is 2. The number of H-pyrrole nitrogens is 2. The third-order valence-electron chi connectivity index (χ3n) is 8.99. The second kappa shape index (κ2) is 15.5. The van der Waals surface area contributed by atoms with E-state index < -0.39 is 10.8 Å². The summed E-state index contributed by atoms with van der Waals surface area (Å²) in [7, 11) is 0. The molecule has 0 saturated carbocycles. The van der Waals surface area contributed by atoms with Gasteiger partial charge in [0.05, 0.1) is 45.6 Å². The minimum atomic E-state index is -0.470. The maximum atomic E-state index is 13.5. The van der Waals surface area contributed by atoms with Crippen LogP contribution in [-0.2, 0) is 22.7 Å². The quantitative estimate of drug-likeness (QED) is 0.161. The zero-order valence-corrected chi connectivity index (χ0v) is 34.6. The number of thiophene rings is 4. The highest BCUT2D eigenvalue weighted by Crippen LogP contribution is 2.43. The molecule has 0 aliphatic carbocycles. The largest absolute Gasteiger partial charge is 0.352 e. The van der Waals surface area contributed by atoms with Gasteiger partial charge in [0.1, 0.15) is 0 Å². The van der Waals surface area contributed by atoms with Crippen LogP contribution in [0.3, 0.4) is 0 Å². The highest BCUT2D eigenvalue weighted by molar-refractivity contribution is 7.14. The Morgan fingerprint density at radius 3 is 1.20 bits per heavy atom. The van der Waals surface area contributed by atoms with Crippen molar-refractivity contribution in [1.29, 1.82) is 0 Å². The first-order valence-electron chi connectivity index (χ1n) is 17.9. The summed E-state index contributed by atoms with van der Waals surface area (Å²) in [4.78, 5) is 42.6. The third kappa shape index (κ3) is 7.88. The van der Waals surface area contributed by atoms with E-state index in [0.29, 0.717) is 13.1 Å². The van der Waals surface area contributed by atoms with E-state index in [4.69, 9.17) is 0 Å². The highest BCUT2D eigenvalue weighted by atomic mass is 32.1. The average molecular weight is 789 g/mol. The van der Waals surface area contributed by atoms with Gasteiger partial charge in [-0.2, -0.15) is 0 Å². The van der Waals surface area contributed by atoms with Gasteiger partial charge in [-0.15, -0.1) is 45.3 Å². The Hall–Kier alpha value is -4.74. The number of nitrogens with zero attached hydrogens (tertiary/aromatic N) is 2. The lowest BCUT2D eigenvalue weighted by Crippen LogP contribution is -2.39. The van der Waals surface area contributed by atoms with Crippen LogP contribution in [-0.4, -0.2) is 21.8 Å². The Morgan fingerprint density at radius 2 is 0.870 bits per heavy atom. The second-order valence-electron chi connectivity index (χ2n) is 15.2. The first-order chi connectivity index (χ1) is 25.9. The standard InChI is InChI=1S/2C22H22N2OS2/c2*1-22(2,3)21(25)24(14-15-8-6-12-26-15)20-16-9-4-5-10-17(16)23-19(20)18-11-7-13-27-18/h2*4-13,23H,14H2,1-3H3. The molecule has 0 radical (unpaired) electrons. The van der Waals surface area contributed by atoms with E-state index in [1.54, 1.807) is 45.3 Å². The van der Waals surface area contributed by atoms with Crippen molar-refractivity contribution in [3.8, 4) is 21.1 Å². The van der Waals surface area contributed by atoms with Crippen LogP contribution in [0, 0.1) is 10.8 Å². The number of carbonyl (C=O) groups is 2. The number of rotatable bonds is 8. The summed E-state index contributed by atoms with van der Waals surface area (Å²) in [5.74, 6) is 0.247. The number of aromatic amines is 2. The van der Waals surface area contributed by atoms with E-state index in [0.717, 1.165) is 54.3 Å². The van der Waals surface area contributed by atoms with E-state index in [1.165, 1.54) is 9.75 Å². The van der Waals surface area contributed by atoms with Crippen LogP contribution < -0.4 is 9.80 Å². The van der Waals surface area contributed by atoms with Crippen LogP contribution in [0.4, 0.5) is 11.4 Å². The molecule has 276 valence electrons. The summed E-state index contributed by atoms with van der Waals surface area (Å²) >= 11 is 6.73. The van der Waals surface area contributed by atoms with E-state index in [2.05, 4.69) is 80.0 Å². The molecule has 0 aliphatic rings. The summed E-state index contributed by atoms with van der Waals surface area (Å²) < 4.78 is 0. The summed E-state index contributed by atoms with van der Waals surface area (Å²) in [6.07, 6.45) is 0. The van der Waals surface area contributed by atoms with Gasteiger partial charge in [-0.25, -0.2) is 0 Å². The van der Waals surface area contributed by atoms with E-state index in [9.17, 15) is 9.59 Å². The Labute approximate surface area is 332 Å². The van der Waals surface area contributed by atoms with Gasteiger partial charge in [-0.3, -0.25) is 9.59 Å². The summed E-state index contributed by atoms with van der Waals surface area (Å²) in [6, 6.07) is 33.0. The zero-order valence-electron chi connectivity index (χ0n) is 31.3. The Balaban J connectivity index is 0.000000167. The first kappa shape index (κ1) is 37.6. The van der Waals surface area contributed by atoms with Crippen molar-refractivity contribution in [3.63, 3.8) is 0 Å². The van der Waals surface area contributed by atoms with E-state index in [1.807, 2.05) is 99.9 Å². The molecule has 8 rings (SSSR count). The molecule has 2 N–H and O–H groups in total. The van der Waals surface area contributed by atoms with Gasteiger partial charge < -0.3 is 19.8 Å². The fourth-order valence-corrected chi connectivity index (χ4v) is 9.28. The molecule has 2 aromatic carbocycles. The van der Waals surface area contributed by atoms with Gasteiger partial charge in [0.2, 0.25) is 11.8 Å². The summed E-state index contributed by atoms with van der Waals surface area (Å²) in [6.45, 7) is 13.1. The SMILES string of the molecule is CC(C)(C)C(=O)N(Cc1cccs1)c1c(-c2cccs2)[nH]c2ccccc12.CC(C)(C)C(=O)N(Cc1cccs1)c1c(-c2cccs2)[nH]c2ccccc12. The molecule has 0 atom stereocenters. The van der Waals surface area contributed by atoms with Gasteiger partial charge in [0.15, 0.2) is 0 Å². The van der Waals surface area contributed by atoms with Crippen molar-refractivity contribution in [1.82, 2.24) is 9.97 Å². The van der Waals surface area contributed by atoms with Crippen molar-refractivity contribution in [2.45, 2.75) is 54.6 Å². The molecular formula is C44H44N4O2S4. The molecule has 0 fully saturated rings. The third-order valence-corrected chi connectivity index (χ3v) is 12.5. The van der Waals surface area contributed by atoms with Crippen molar-refractivity contribution in [2.75, 3.05) is 9.80 Å². The summed E-state index contributed by atoms with van der Waals surface area (Å²) in [5.41, 5.74) is 5.14. The number of amides is 2. The van der Waals surface area contributed by atoms with Gasteiger partial charge in [-0.05, 0) is 57.9 Å². The van der Waals surface area contributed by atoms with Crippen molar-refractivity contribution in [3.05, 3.63) is 128 Å². The Bertz CT molecular complexity index is 2280. The molecule has 54 heavy (non-hydrogen) atoms. The lowest BCUT2D eigenvalue weighted by molar-refractivity contribution is -0.126. The molecule has 6 nitrogen and oxygen atoms in total. The molecule has 2 amide bonds. The highest BCUT2D eigenvalue weighted by Gasteiger charge is 2.33. The smallest absolute Gasteiger partial charge is 0.232 e. The second-order valence-corrected chi connectivity index (χ2v) is 19.1. The Morgan fingerprint density at radius 1 is 0.500 bits per heavy atom. The number of anilines is 2. The van der Waals surface area contributed by atoms with E-state index >= 15 is 0 Å². The number of hydrogen-bond acceptors (Lipinski definition) is 6. The number of nitrogens with one attached hydrogen (secondary N) is 2. The fraction of sp³-hybridized carbons (Fsp3) is 0.227. The van der Waals surface area contributed by atoms with Crippen LogP contribution in [0.15, 0.2) is 119 Å². The predicted octanol–water partition coefficient (Wildman–Crippen LogP) is 13.1. The molecule has 8 aromatic rings. The van der Waals surface area contributed by atoms with Crippen molar-refractivity contribution in [2.24, 2.45) is 10.8 Å². The van der Waals surface area contributed by atoms with Crippen LogP contribution in [0.1, 0.15) is 51.3 Å². The van der Waals surface area contributed by atoms with Crippen molar-refractivity contribution >= 4 is 90.3 Å². The lowest BCUT2D eigenvalue weighted by Gasteiger charge is -2.30. The van der Waals surface area contributed by atoms with E-state index in [-0.39, 0.29) is 11.8 Å². The molecule has 0 spiro atoms. The normalized spacial score (nSPS) is 11.8. The molecular weight excluding hydrogens is 745 g/mol. The number of carbonyl (C=O) groups excluding carboxylic acids is 2. The minimum Gasteiger partial charge on any atom is -0.352 e. The average Bonchev–Trinajstić information content (AvgIpc) is 4.00. The van der Waals surface area contributed by atoms with Gasteiger partial charge in [0, 0.05) is 42.4 Å². The summed E-state index contributed by atoms with van der Waals surface area (Å²) in [5, 5.41) is 10.4. The lowest BCUT2D eigenvalue weighted by atomic mass is 9.94. The molecule has 0 aliphatic heterocycles. The maximum absolute atomic E-state index is 13.5. The number of aromatic nitrogens is 2. The van der Waals surface area contributed by atoms with Gasteiger partial charge >= 0.3 is 0 Å². The molecule has 6 aromatic heterocycles. The van der Waals surface area contributed by atoms with Gasteiger partial charge in [-0.1, -0.05) is 102 Å². The van der Waals surface area contributed by atoms with Crippen LogP contribution in [0.2, 0.25) is 0 Å². The molecule has 0 bridgehead atoms. The Kier molecular flexibility index (Phi) is 10.8. The number of para-hydroxylation sites is 2. The first-order valence-corrected chi connectivity index (χ1v) is 21.4. The zero-order chi connectivity index (χ0) is 38.0. The van der Waals surface area contributed by atoms with Crippen molar-refractivity contribution < 1.29 is 9.59 Å². The predicted molar refractivity (Wildman–Crippen MR) is 233 cm³/mol. The fourth-order valence-electron chi connectivity index (χ4n) is 6.44. The molecule has 10 heteroatoms. The maximum Gasteiger partial charge on any atom is 0.232 e. The monoisotopic (exact) mass is 788 g/mol. The molecule has 0 saturated heterocycles. The number of hydrogen-bond donors (Lipinski definition) is 2. The van der Waals surface area contributed by atoms with Crippen LogP contribution in [0.5, 0.6) is 0 Å². The van der Waals surface area contributed by atoms with Gasteiger partial charge in [0.25, 0.3) is 0 Å². The van der Waals surface area contributed by atoms with Crippen LogP contribution >= 0.6 is 45.3 Å². The number of benzene rings is 2. The topological polar surface area (TPSA) is 72.2 Å². The molecule has 6 heterocycles. The van der Waals surface area contributed by atoms with Crippen LogP contribution in [0.25, 0.3) is 42.9 Å². The minimum absolute atomic E-state index is 0.124.